The first-order chi connectivity index (χ1) is 7.64. The molecule has 5 nitrogen and oxygen atoms in total. The average Bonchev–Trinajstić information content (AvgIpc) is 2.15. The van der Waals surface area contributed by atoms with E-state index in [0.29, 0.717) is 19.5 Å². The molecule has 1 aliphatic heterocycles. The van der Waals surface area contributed by atoms with Gasteiger partial charge in [-0.05, 0) is 40.5 Å². The van der Waals surface area contributed by atoms with Crippen molar-refractivity contribution in [2.24, 2.45) is 5.41 Å². The van der Waals surface area contributed by atoms with Crippen molar-refractivity contribution in [3.63, 3.8) is 0 Å². The highest BCUT2D eigenvalue weighted by molar-refractivity contribution is 5.74. The molecule has 1 heterocycles. The van der Waals surface area contributed by atoms with Crippen LogP contribution >= 0.6 is 0 Å². The molecule has 5 heteroatoms. The number of aliphatic hydroxyl groups is 1. The molecule has 0 aromatic heterocycles. The van der Waals surface area contributed by atoms with Gasteiger partial charge in [0, 0.05) is 13.1 Å². The Bertz CT molecular complexity index is 287. The van der Waals surface area contributed by atoms with Crippen molar-refractivity contribution >= 4 is 5.97 Å². The normalized spacial score (nSPS) is 29.0. The lowest BCUT2D eigenvalue weighted by Crippen LogP contribution is -2.52. The van der Waals surface area contributed by atoms with E-state index < -0.39 is 23.4 Å². The molecule has 0 saturated carbocycles. The van der Waals surface area contributed by atoms with Crippen LogP contribution in [0, 0.1) is 5.41 Å². The summed E-state index contributed by atoms with van der Waals surface area (Å²) in [5, 5.41) is 19.1. The number of hydrogen-bond acceptors (Lipinski definition) is 4. The molecule has 1 aliphatic rings. The van der Waals surface area contributed by atoms with Crippen molar-refractivity contribution in [3.05, 3.63) is 0 Å². The number of piperidine rings is 1. The lowest BCUT2D eigenvalue weighted by Gasteiger charge is -2.41. The Morgan fingerprint density at radius 2 is 2.06 bits per heavy atom. The van der Waals surface area contributed by atoms with Crippen LogP contribution in [0.2, 0.25) is 0 Å². The highest BCUT2D eigenvalue weighted by Gasteiger charge is 2.40. The summed E-state index contributed by atoms with van der Waals surface area (Å²) >= 11 is 0. The van der Waals surface area contributed by atoms with E-state index in [1.54, 1.807) is 11.8 Å². The van der Waals surface area contributed by atoms with Gasteiger partial charge in [-0.15, -0.1) is 0 Å². The van der Waals surface area contributed by atoms with Crippen LogP contribution in [0.5, 0.6) is 0 Å². The van der Waals surface area contributed by atoms with Crippen molar-refractivity contribution in [2.45, 2.75) is 52.6 Å². The van der Waals surface area contributed by atoms with Crippen LogP contribution in [0.15, 0.2) is 0 Å². The van der Waals surface area contributed by atoms with E-state index in [1.165, 1.54) is 0 Å². The van der Waals surface area contributed by atoms with Gasteiger partial charge in [-0.1, -0.05) is 0 Å². The highest BCUT2D eigenvalue weighted by atomic mass is 16.6. The monoisotopic (exact) mass is 245 g/mol. The maximum atomic E-state index is 11.2. The number of aliphatic carboxylic acids is 1. The van der Waals surface area contributed by atoms with E-state index in [-0.39, 0.29) is 0 Å². The number of ether oxygens (including phenoxy) is 1. The second kappa shape index (κ2) is 4.92. The molecule has 1 fully saturated rings. The summed E-state index contributed by atoms with van der Waals surface area (Å²) in [6.45, 7) is 8.27. The van der Waals surface area contributed by atoms with Crippen LogP contribution < -0.4 is 0 Å². The van der Waals surface area contributed by atoms with Crippen LogP contribution in [0.25, 0.3) is 0 Å². The van der Waals surface area contributed by atoms with Gasteiger partial charge in [0.15, 0.2) is 0 Å². The standard InChI is InChI=1S/C12H23NO4/c1-11(2,3)17-10(16)13-7-5-6-12(4,8-13)9(14)15/h10,16H,5-8H2,1-4H3,(H,14,15)/t10?,12-/m0/s1. The SMILES string of the molecule is CC(C)(C)OC(O)N1CCC[C@](C)(C(=O)O)C1. The number of aliphatic hydroxyl groups excluding tert-OH is 1. The number of likely N-dealkylation sites (tertiary alicyclic amines) is 1. The largest absolute Gasteiger partial charge is 0.481 e. The Kier molecular flexibility index (Phi) is 4.17. The third-order valence-electron chi connectivity index (χ3n) is 3.01. The lowest BCUT2D eigenvalue weighted by atomic mass is 9.82. The molecule has 1 rings (SSSR count). The number of hydrogen-bond donors (Lipinski definition) is 2. The fourth-order valence-electron chi connectivity index (χ4n) is 2.03. The fraction of sp³-hybridized carbons (Fsp3) is 0.917. The van der Waals surface area contributed by atoms with E-state index >= 15 is 0 Å². The Balaban J connectivity index is 2.64. The molecular weight excluding hydrogens is 222 g/mol. The van der Waals surface area contributed by atoms with Crippen molar-refractivity contribution in [1.29, 1.82) is 0 Å². The average molecular weight is 245 g/mol. The molecule has 0 aromatic rings. The number of carbonyl (C=O) groups is 1. The van der Waals surface area contributed by atoms with Gasteiger partial charge in [-0.25, -0.2) is 0 Å². The van der Waals surface area contributed by atoms with E-state index in [0.717, 1.165) is 6.42 Å². The van der Waals surface area contributed by atoms with Gasteiger partial charge >= 0.3 is 5.97 Å². The Hall–Kier alpha value is -0.650. The zero-order valence-electron chi connectivity index (χ0n) is 11.1. The molecule has 100 valence electrons. The Labute approximate surface area is 102 Å². The number of carboxylic acid groups (broad SMARTS) is 1. The fourth-order valence-corrected chi connectivity index (χ4v) is 2.03. The zero-order chi connectivity index (χ0) is 13.3. The van der Waals surface area contributed by atoms with Gasteiger partial charge in [-0.3, -0.25) is 9.69 Å². The zero-order valence-corrected chi connectivity index (χ0v) is 11.1. The quantitative estimate of drug-likeness (QED) is 0.733. The Morgan fingerprint density at radius 3 is 2.53 bits per heavy atom. The number of carboxylic acids is 1. The maximum Gasteiger partial charge on any atom is 0.310 e. The van der Waals surface area contributed by atoms with E-state index in [2.05, 4.69) is 0 Å². The summed E-state index contributed by atoms with van der Waals surface area (Å²) in [5.41, 5.74) is -1.24. The lowest BCUT2D eigenvalue weighted by molar-refractivity contribution is -0.249. The minimum atomic E-state index is -1.03. The molecule has 0 aliphatic carbocycles. The van der Waals surface area contributed by atoms with Crippen molar-refractivity contribution in [2.75, 3.05) is 13.1 Å². The van der Waals surface area contributed by atoms with Crippen LogP contribution in [0.1, 0.15) is 40.5 Å². The van der Waals surface area contributed by atoms with Crippen LogP contribution in [-0.2, 0) is 9.53 Å². The topological polar surface area (TPSA) is 70.0 Å². The predicted molar refractivity (Wildman–Crippen MR) is 63.4 cm³/mol. The highest BCUT2D eigenvalue weighted by Crippen LogP contribution is 2.31. The van der Waals surface area contributed by atoms with E-state index in [4.69, 9.17) is 4.74 Å². The van der Waals surface area contributed by atoms with Gasteiger partial charge in [0.2, 0.25) is 6.41 Å². The summed E-state index contributed by atoms with van der Waals surface area (Å²) in [5.74, 6) is -0.815. The van der Waals surface area contributed by atoms with Gasteiger partial charge in [-0.2, -0.15) is 0 Å². The van der Waals surface area contributed by atoms with Crippen molar-refractivity contribution in [3.8, 4) is 0 Å². The maximum absolute atomic E-state index is 11.2. The number of nitrogens with zero attached hydrogens (tertiary/aromatic N) is 1. The molecule has 17 heavy (non-hydrogen) atoms. The van der Waals surface area contributed by atoms with Gasteiger partial charge in [0.25, 0.3) is 0 Å². The van der Waals surface area contributed by atoms with Crippen LogP contribution in [0.4, 0.5) is 0 Å². The summed E-state index contributed by atoms with van der Waals surface area (Å²) < 4.78 is 5.44. The summed E-state index contributed by atoms with van der Waals surface area (Å²) in [6.07, 6.45) is 0.364. The third kappa shape index (κ3) is 3.94. The predicted octanol–water partition coefficient (Wildman–Crippen LogP) is 1.26. The summed E-state index contributed by atoms with van der Waals surface area (Å²) in [4.78, 5) is 12.9. The molecule has 2 N–H and O–H groups in total. The minimum Gasteiger partial charge on any atom is -0.481 e. The van der Waals surface area contributed by atoms with Crippen molar-refractivity contribution in [1.82, 2.24) is 4.90 Å². The number of rotatable bonds is 3. The molecule has 2 atom stereocenters. The van der Waals surface area contributed by atoms with Gasteiger partial charge < -0.3 is 14.9 Å². The molecule has 0 radical (unpaired) electrons. The summed E-state index contributed by atoms with van der Waals surface area (Å²) in [7, 11) is 0. The third-order valence-corrected chi connectivity index (χ3v) is 3.01. The first-order valence-corrected chi connectivity index (χ1v) is 5.97. The first-order valence-electron chi connectivity index (χ1n) is 5.97. The molecular formula is C12H23NO4. The molecule has 0 spiro atoms. The molecule has 0 aromatic carbocycles. The molecule has 1 unspecified atom stereocenters. The smallest absolute Gasteiger partial charge is 0.310 e. The molecule has 1 saturated heterocycles. The van der Waals surface area contributed by atoms with Gasteiger partial charge in [0.05, 0.1) is 11.0 Å². The second-order valence-electron chi connectivity index (χ2n) is 6.00. The van der Waals surface area contributed by atoms with E-state index in [1.807, 2.05) is 20.8 Å². The first kappa shape index (κ1) is 14.4. The minimum absolute atomic E-state index is 0.319. The Morgan fingerprint density at radius 1 is 1.47 bits per heavy atom. The van der Waals surface area contributed by atoms with Gasteiger partial charge in [0.1, 0.15) is 0 Å². The van der Waals surface area contributed by atoms with E-state index in [9.17, 15) is 15.0 Å². The van der Waals surface area contributed by atoms with Crippen LogP contribution in [-0.4, -0.2) is 46.2 Å². The second-order valence-corrected chi connectivity index (χ2v) is 6.00. The molecule has 0 bridgehead atoms. The van der Waals surface area contributed by atoms with Crippen molar-refractivity contribution < 1.29 is 19.7 Å². The van der Waals surface area contributed by atoms with Crippen LogP contribution in [0.3, 0.4) is 0 Å². The summed E-state index contributed by atoms with van der Waals surface area (Å²) in [6, 6.07) is 0. The molecule has 0 amide bonds.